The molecule has 0 fully saturated rings. The fourth-order valence-electron chi connectivity index (χ4n) is 2.18. The fraction of sp³-hybridized carbons (Fsp3) is 0.214. The number of anilines is 1. The second-order valence-electron chi connectivity index (χ2n) is 4.82. The van der Waals surface area contributed by atoms with Crippen molar-refractivity contribution in [2.24, 2.45) is 0 Å². The Labute approximate surface area is 119 Å². The molecule has 1 aromatic carbocycles. The van der Waals surface area contributed by atoms with E-state index in [-0.39, 0.29) is 11.6 Å². The number of imidazole rings is 1. The molecule has 2 aromatic heterocycles. The third kappa shape index (κ3) is 2.71. The van der Waals surface area contributed by atoms with Crippen LogP contribution in [0.25, 0.3) is 11.0 Å². The van der Waals surface area contributed by atoms with E-state index >= 15 is 0 Å². The molecule has 2 heterocycles. The molecule has 0 unspecified atom stereocenters. The molecule has 21 heavy (non-hydrogen) atoms. The molecular formula is C14H15N5O2. The lowest BCUT2D eigenvalue weighted by molar-refractivity contribution is 0.102. The molecule has 7 heteroatoms. The first-order valence-electron chi connectivity index (χ1n) is 6.73. The normalized spacial score (nSPS) is 10.9. The van der Waals surface area contributed by atoms with Gasteiger partial charge in [0, 0.05) is 11.4 Å². The molecule has 0 aliphatic heterocycles. The van der Waals surface area contributed by atoms with E-state index in [4.69, 9.17) is 0 Å². The lowest BCUT2D eigenvalue weighted by Crippen LogP contribution is -2.12. The first-order valence-corrected chi connectivity index (χ1v) is 6.73. The number of nitrogens with zero attached hydrogens (tertiary/aromatic N) is 1. The van der Waals surface area contributed by atoms with Crippen molar-refractivity contribution in [1.82, 2.24) is 20.2 Å². The molecule has 0 saturated heterocycles. The lowest BCUT2D eigenvalue weighted by atomic mass is 10.2. The summed E-state index contributed by atoms with van der Waals surface area (Å²) in [6.45, 7) is 2.06. The van der Waals surface area contributed by atoms with Crippen LogP contribution in [0.1, 0.15) is 29.5 Å². The van der Waals surface area contributed by atoms with Crippen molar-refractivity contribution in [1.29, 1.82) is 0 Å². The topological polar surface area (TPSA) is 106 Å². The molecule has 7 nitrogen and oxygen atoms in total. The van der Waals surface area contributed by atoms with Crippen LogP contribution in [0, 0.1) is 0 Å². The highest BCUT2D eigenvalue weighted by Gasteiger charge is 2.11. The van der Waals surface area contributed by atoms with Crippen molar-refractivity contribution in [3.05, 3.63) is 46.1 Å². The third-order valence-electron chi connectivity index (χ3n) is 3.16. The lowest BCUT2D eigenvalue weighted by Gasteiger charge is -2.02. The second-order valence-corrected chi connectivity index (χ2v) is 4.82. The first kappa shape index (κ1) is 13.2. The van der Waals surface area contributed by atoms with Gasteiger partial charge < -0.3 is 15.3 Å². The predicted molar refractivity (Wildman–Crippen MR) is 79.5 cm³/mol. The number of carbonyl (C=O) groups excluding carboxylic acids is 1. The molecule has 0 aliphatic rings. The summed E-state index contributed by atoms with van der Waals surface area (Å²) in [5, 5.41) is 9.60. The number of nitrogens with one attached hydrogen (secondary N) is 4. The quantitative estimate of drug-likeness (QED) is 0.587. The first-order chi connectivity index (χ1) is 10.2. The van der Waals surface area contributed by atoms with Crippen LogP contribution < -0.4 is 11.0 Å². The number of aryl methyl sites for hydroxylation is 1. The second kappa shape index (κ2) is 5.28. The summed E-state index contributed by atoms with van der Waals surface area (Å²) in [6, 6.07) is 6.90. The van der Waals surface area contributed by atoms with Gasteiger partial charge in [-0.25, -0.2) is 4.79 Å². The van der Waals surface area contributed by atoms with Gasteiger partial charge in [0.2, 0.25) is 0 Å². The van der Waals surface area contributed by atoms with E-state index in [2.05, 4.69) is 32.4 Å². The Hall–Kier alpha value is -2.83. The van der Waals surface area contributed by atoms with E-state index in [1.807, 2.05) is 0 Å². The maximum absolute atomic E-state index is 12.1. The largest absolute Gasteiger partial charge is 0.323 e. The van der Waals surface area contributed by atoms with Crippen LogP contribution in [-0.4, -0.2) is 26.1 Å². The van der Waals surface area contributed by atoms with Crippen LogP contribution in [0.3, 0.4) is 0 Å². The number of fused-ring (bicyclic) bond motifs is 1. The highest BCUT2D eigenvalue weighted by Crippen LogP contribution is 2.15. The van der Waals surface area contributed by atoms with Crippen LogP contribution in [0.15, 0.2) is 29.1 Å². The Morgan fingerprint density at radius 2 is 2.05 bits per heavy atom. The average molecular weight is 285 g/mol. The fourth-order valence-corrected chi connectivity index (χ4v) is 2.18. The SMILES string of the molecule is CCCc1cc(C(=O)Nc2ccc3[nH]c(=O)[nH]c3c2)n[nH]1. The molecular weight excluding hydrogens is 270 g/mol. The van der Waals surface area contributed by atoms with Gasteiger partial charge in [-0.3, -0.25) is 9.89 Å². The van der Waals surface area contributed by atoms with Crippen molar-refractivity contribution < 1.29 is 4.79 Å². The number of benzene rings is 1. The average Bonchev–Trinajstić information content (AvgIpc) is 3.04. The van der Waals surface area contributed by atoms with Crippen molar-refractivity contribution in [3.63, 3.8) is 0 Å². The van der Waals surface area contributed by atoms with Gasteiger partial charge in [0.1, 0.15) is 0 Å². The molecule has 0 atom stereocenters. The Balaban J connectivity index is 1.79. The van der Waals surface area contributed by atoms with Gasteiger partial charge in [-0.1, -0.05) is 13.3 Å². The molecule has 0 saturated carbocycles. The number of carbonyl (C=O) groups is 1. The number of hydrogen-bond donors (Lipinski definition) is 4. The smallest absolute Gasteiger partial charge is 0.321 e. The van der Waals surface area contributed by atoms with Crippen LogP contribution >= 0.6 is 0 Å². The summed E-state index contributed by atoms with van der Waals surface area (Å²) in [7, 11) is 0. The van der Waals surface area contributed by atoms with Gasteiger partial charge in [0.25, 0.3) is 5.91 Å². The minimum Gasteiger partial charge on any atom is -0.321 e. The standard InChI is InChI=1S/C14H15N5O2/c1-2-3-9-7-12(19-18-9)13(20)15-8-4-5-10-11(6-8)17-14(21)16-10/h4-7H,2-3H2,1H3,(H,15,20)(H,18,19)(H2,16,17,21). The van der Waals surface area contributed by atoms with Gasteiger partial charge in [-0.2, -0.15) is 5.10 Å². The highest BCUT2D eigenvalue weighted by molar-refractivity contribution is 6.03. The Bertz CT molecular complexity index is 842. The van der Waals surface area contributed by atoms with E-state index < -0.39 is 0 Å². The molecule has 1 amide bonds. The van der Waals surface area contributed by atoms with E-state index in [1.54, 1.807) is 24.3 Å². The zero-order valence-electron chi connectivity index (χ0n) is 11.5. The molecule has 0 aliphatic carbocycles. The summed E-state index contributed by atoms with van der Waals surface area (Å²) >= 11 is 0. The molecule has 0 radical (unpaired) electrons. The van der Waals surface area contributed by atoms with Crippen molar-refractivity contribution >= 4 is 22.6 Å². The molecule has 4 N–H and O–H groups in total. The van der Waals surface area contributed by atoms with Gasteiger partial charge in [-0.05, 0) is 30.7 Å². The number of hydrogen-bond acceptors (Lipinski definition) is 3. The van der Waals surface area contributed by atoms with Crippen LogP contribution in [0.5, 0.6) is 0 Å². The summed E-state index contributed by atoms with van der Waals surface area (Å²) in [5.74, 6) is -0.286. The Kier molecular flexibility index (Phi) is 3.31. The minimum absolute atomic E-state index is 0.273. The Morgan fingerprint density at radius 3 is 2.86 bits per heavy atom. The van der Waals surface area contributed by atoms with E-state index in [1.165, 1.54) is 0 Å². The van der Waals surface area contributed by atoms with Crippen LogP contribution in [0.2, 0.25) is 0 Å². The molecule has 0 bridgehead atoms. The minimum atomic E-state index is -0.286. The summed E-state index contributed by atoms with van der Waals surface area (Å²) < 4.78 is 0. The molecule has 3 rings (SSSR count). The Morgan fingerprint density at radius 1 is 1.24 bits per heavy atom. The highest BCUT2D eigenvalue weighted by atomic mass is 16.2. The monoisotopic (exact) mass is 285 g/mol. The van der Waals surface area contributed by atoms with Crippen molar-refractivity contribution in [2.75, 3.05) is 5.32 Å². The molecule has 108 valence electrons. The van der Waals surface area contributed by atoms with Gasteiger partial charge in [0.05, 0.1) is 11.0 Å². The molecule has 0 spiro atoms. The number of H-pyrrole nitrogens is 3. The van der Waals surface area contributed by atoms with E-state index in [0.29, 0.717) is 22.4 Å². The van der Waals surface area contributed by atoms with E-state index in [9.17, 15) is 9.59 Å². The van der Waals surface area contributed by atoms with Gasteiger partial charge >= 0.3 is 5.69 Å². The summed E-state index contributed by atoms with van der Waals surface area (Å²) in [4.78, 5) is 28.6. The zero-order valence-corrected chi connectivity index (χ0v) is 11.5. The van der Waals surface area contributed by atoms with E-state index in [0.717, 1.165) is 18.5 Å². The molecule has 3 aromatic rings. The summed E-state index contributed by atoms with van der Waals surface area (Å²) in [6.07, 6.45) is 1.84. The maximum Gasteiger partial charge on any atom is 0.323 e. The summed E-state index contributed by atoms with van der Waals surface area (Å²) in [5.41, 5.74) is 2.96. The van der Waals surface area contributed by atoms with Gasteiger partial charge in [-0.15, -0.1) is 0 Å². The zero-order chi connectivity index (χ0) is 14.8. The van der Waals surface area contributed by atoms with Crippen LogP contribution in [0.4, 0.5) is 5.69 Å². The van der Waals surface area contributed by atoms with Gasteiger partial charge in [0.15, 0.2) is 5.69 Å². The number of aromatic amines is 3. The number of amides is 1. The van der Waals surface area contributed by atoms with Crippen molar-refractivity contribution in [2.45, 2.75) is 19.8 Å². The maximum atomic E-state index is 12.1. The van der Waals surface area contributed by atoms with Crippen LogP contribution in [-0.2, 0) is 6.42 Å². The number of rotatable bonds is 4. The van der Waals surface area contributed by atoms with Crippen molar-refractivity contribution in [3.8, 4) is 0 Å². The third-order valence-corrected chi connectivity index (χ3v) is 3.16. The predicted octanol–water partition coefficient (Wildman–Crippen LogP) is 1.78. The number of aromatic nitrogens is 4.